The first-order chi connectivity index (χ1) is 16.3. The molecule has 2 aromatic carbocycles. The van der Waals surface area contributed by atoms with Gasteiger partial charge in [-0.2, -0.15) is 22.0 Å². The Morgan fingerprint density at radius 2 is 1.17 bits per heavy atom. The van der Waals surface area contributed by atoms with Crippen LogP contribution in [0.15, 0.2) is 24.3 Å². The van der Waals surface area contributed by atoms with Crippen LogP contribution in [0.25, 0.3) is 0 Å². The van der Waals surface area contributed by atoms with Gasteiger partial charge < -0.3 is 4.74 Å². The second kappa shape index (κ2) is 10.7. The third kappa shape index (κ3) is 6.64. The summed E-state index contributed by atoms with van der Waals surface area (Å²) in [6.45, 7) is 2.13. The Morgan fingerprint density at radius 3 is 1.63 bits per heavy atom. The SMILES string of the molecule is CCCC1CCC(CCc2cc(F)c(C(F)(F)Oc3cc(F)c(C(F)(F)F)c(F)c3)c(F)c2)CC1. The fourth-order valence-electron chi connectivity index (χ4n) is 4.71. The number of aryl methyl sites for hydroxylation is 1. The molecule has 0 spiro atoms. The minimum absolute atomic E-state index is 0.126. The standard InChI is InChI=1S/C25H25F9O/c1-2-3-14-4-6-15(7-5-14)8-9-16-10-18(26)23(19(27)11-16)25(33,34)35-17-12-20(28)22(21(29)13-17)24(30,31)32/h10-15H,2-9H2,1H3. The summed E-state index contributed by atoms with van der Waals surface area (Å²) in [5.41, 5.74) is -3.93. The highest BCUT2D eigenvalue weighted by atomic mass is 19.4. The van der Waals surface area contributed by atoms with Gasteiger partial charge in [0.05, 0.1) is 0 Å². The molecule has 0 radical (unpaired) electrons. The van der Waals surface area contributed by atoms with Crippen molar-refractivity contribution in [3.8, 4) is 5.75 Å². The summed E-state index contributed by atoms with van der Waals surface area (Å²) < 4.78 is 127. The monoisotopic (exact) mass is 512 g/mol. The van der Waals surface area contributed by atoms with Crippen LogP contribution in [0.1, 0.15) is 68.6 Å². The van der Waals surface area contributed by atoms with Crippen molar-refractivity contribution >= 4 is 0 Å². The molecule has 2 aromatic rings. The Bertz CT molecular complexity index is 978. The van der Waals surface area contributed by atoms with Crippen molar-refractivity contribution < 1.29 is 44.3 Å². The lowest BCUT2D eigenvalue weighted by atomic mass is 9.78. The molecule has 0 bridgehead atoms. The van der Waals surface area contributed by atoms with Gasteiger partial charge >= 0.3 is 12.3 Å². The van der Waals surface area contributed by atoms with Crippen molar-refractivity contribution in [2.75, 3.05) is 0 Å². The van der Waals surface area contributed by atoms with Gasteiger partial charge in [-0.1, -0.05) is 45.4 Å². The zero-order valence-corrected chi connectivity index (χ0v) is 18.9. The largest absolute Gasteiger partial charge is 0.432 e. The van der Waals surface area contributed by atoms with E-state index in [0.717, 1.165) is 44.2 Å². The molecule has 194 valence electrons. The first kappa shape index (κ1) is 27.2. The van der Waals surface area contributed by atoms with Crippen LogP contribution in [0.3, 0.4) is 0 Å². The first-order valence-electron chi connectivity index (χ1n) is 11.4. The van der Waals surface area contributed by atoms with Gasteiger partial charge in [0.25, 0.3) is 0 Å². The van der Waals surface area contributed by atoms with Gasteiger partial charge in [-0.3, -0.25) is 0 Å². The minimum Gasteiger partial charge on any atom is -0.429 e. The molecule has 1 nitrogen and oxygen atoms in total. The fourth-order valence-corrected chi connectivity index (χ4v) is 4.71. The van der Waals surface area contributed by atoms with Crippen LogP contribution < -0.4 is 4.74 Å². The maximum atomic E-state index is 14.5. The molecule has 1 aliphatic carbocycles. The molecular formula is C25H25F9O. The Hall–Kier alpha value is -2.39. The number of hydrogen-bond acceptors (Lipinski definition) is 1. The summed E-state index contributed by atoms with van der Waals surface area (Å²) >= 11 is 0. The third-order valence-corrected chi connectivity index (χ3v) is 6.44. The summed E-state index contributed by atoms with van der Waals surface area (Å²) in [5.74, 6) is -7.97. The van der Waals surface area contributed by atoms with Crippen molar-refractivity contribution in [1.29, 1.82) is 0 Å². The molecular weight excluding hydrogens is 487 g/mol. The van der Waals surface area contributed by atoms with E-state index < -0.39 is 52.4 Å². The highest BCUT2D eigenvalue weighted by Gasteiger charge is 2.43. The molecule has 3 rings (SSSR count). The molecule has 0 amide bonds. The van der Waals surface area contributed by atoms with E-state index in [-0.39, 0.29) is 24.1 Å². The van der Waals surface area contributed by atoms with Crippen LogP contribution in [0, 0.1) is 35.1 Å². The molecule has 35 heavy (non-hydrogen) atoms. The van der Waals surface area contributed by atoms with Gasteiger partial charge in [0.15, 0.2) is 0 Å². The van der Waals surface area contributed by atoms with E-state index in [1.54, 1.807) is 0 Å². The van der Waals surface area contributed by atoms with Crippen LogP contribution in [-0.2, 0) is 18.7 Å². The molecule has 1 aliphatic rings. The molecule has 0 unspecified atom stereocenters. The van der Waals surface area contributed by atoms with Crippen molar-refractivity contribution in [2.45, 2.75) is 70.6 Å². The summed E-state index contributed by atoms with van der Waals surface area (Å²) in [5, 5.41) is 0. The van der Waals surface area contributed by atoms with Crippen LogP contribution >= 0.6 is 0 Å². The Morgan fingerprint density at radius 1 is 0.714 bits per heavy atom. The molecule has 0 atom stereocenters. The van der Waals surface area contributed by atoms with Gasteiger partial charge in [-0.15, -0.1) is 0 Å². The van der Waals surface area contributed by atoms with Crippen molar-refractivity contribution in [1.82, 2.24) is 0 Å². The third-order valence-electron chi connectivity index (χ3n) is 6.44. The molecule has 0 heterocycles. The lowest BCUT2D eigenvalue weighted by molar-refractivity contribution is -0.189. The van der Waals surface area contributed by atoms with E-state index >= 15 is 0 Å². The second-order valence-corrected chi connectivity index (χ2v) is 9.03. The predicted octanol–water partition coefficient (Wildman–Crippen LogP) is 8.93. The van der Waals surface area contributed by atoms with Gasteiger partial charge in [0, 0.05) is 12.1 Å². The Balaban J connectivity index is 1.72. The van der Waals surface area contributed by atoms with Gasteiger partial charge in [-0.25, -0.2) is 17.6 Å². The molecule has 0 saturated heterocycles. The van der Waals surface area contributed by atoms with Crippen molar-refractivity contribution in [2.24, 2.45) is 11.8 Å². The van der Waals surface area contributed by atoms with Gasteiger partial charge in [0.2, 0.25) is 0 Å². The normalized spacial score (nSPS) is 19.1. The fraction of sp³-hybridized carbons (Fsp3) is 0.520. The molecule has 1 saturated carbocycles. The van der Waals surface area contributed by atoms with E-state index in [2.05, 4.69) is 11.7 Å². The van der Waals surface area contributed by atoms with Gasteiger partial charge in [-0.05, 0) is 42.4 Å². The lowest BCUT2D eigenvalue weighted by Crippen LogP contribution is -2.26. The first-order valence-corrected chi connectivity index (χ1v) is 11.4. The number of rotatable bonds is 8. The van der Waals surface area contributed by atoms with E-state index in [1.165, 1.54) is 6.42 Å². The highest BCUT2D eigenvalue weighted by Crippen LogP contribution is 2.40. The number of benzene rings is 2. The predicted molar refractivity (Wildman–Crippen MR) is 111 cm³/mol. The van der Waals surface area contributed by atoms with E-state index in [4.69, 9.17) is 0 Å². The molecule has 0 aliphatic heterocycles. The number of halogens is 9. The number of alkyl halides is 5. The lowest BCUT2D eigenvalue weighted by Gasteiger charge is -2.28. The van der Waals surface area contributed by atoms with Gasteiger partial charge in [0.1, 0.15) is 40.1 Å². The zero-order valence-electron chi connectivity index (χ0n) is 18.9. The smallest absolute Gasteiger partial charge is 0.429 e. The van der Waals surface area contributed by atoms with Crippen LogP contribution in [0.2, 0.25) is 0 Å². The molecule has 0 N–H and O–H groups in total. The van der Waals surface area contributed by atoms with E-state index in [0.29, 0.717) is 18.3 Å². The molecule has 10 heteroatoms. The van der Waals surface area contributed by atoms with Crippen LogP contribution in [0.4, 0.5) is 39.5 Å². The summed E-state index contributed by atoms with van der Waals surface area (Å²) in [4.78, 5) is 0. The number of hydrogen-bond donors (Lipinski definition) is 0. The zero-order chi connectivity index (χ0) is 26.0. The van der Waals surface area contributed by atoms with Crippen molar-refractivity contribution in [3.05, 3.63) is 64.2 Å². The highest BCUT2D eigenvalue weighted by molar-refractivity contribution is 5.34. The molecule has 1 fully saturated rings. The van der Waals surface area contributed by atoms with Crippen LogP contribution in [0.5, 0.6) is 5.75 Å². The Kier molecular flexibility index (Phi) is 8.32. The molecule has 0 aromatic heterocycles. The van der Waals surface area contributed by atoms with E-state index in [9.17, 15) is 39.5 Å². The summed E-state index contributed by atoms with van der Waals surface area (Å²) in [6, 6.07) is 1.23. The number of ether oxygens (including phenoxy) is 1. The van der Waals surface area contributed by atoms with Crippen LogP contribution in [-0.4, -0.2) is 0 Å². The maximum absolute atomic E-state index is 14.5. The quantitative estimate of drug-likeness (QED) is 0.321. The summed E-state index contributed by atoms with van der Waals surface area (Å²) in [7, 11) is 0. The maximum Gasteiger partial charge on any atom is 0.432 e. The second-order valence-electron chi connectivity index (χ2n) is 9.03. The average Bonchev–Trinajstić information content (AvgIpc) is 2.70. The van der Waals surface area contributed by atoms with Crippen molar-refractivity contribution in [3.63, 3.8) is 0 Å². The average molecular weight is 512 g/mol. The minimum atomic E-state index is -5.42. The van der Waals surface area contributed by atoms with E-state index in [1.807, 2.05) is 0 Å². The Labute approximate surface area is 197 Å². The summed E-state index contributed by atoms with van der Waals surface area (Å²) in [6.07, 6.45) is -2.76. The topological polar surface area (TPSA) is 9.23 Å².